The molecule has 0 aliphatic heterocycles. The number of hydrogen-bond donors (Lipinski definition) is 2. The number of para-hydroxylation sites is 1. The van der Waals surface area contributed by atoms with Gasteiger partial charge in [-0.25, -0.2) is 0 Å². The van der Waals surface area contributed by atoms with Gasteiger partial charge in [0, 0.05) is 10.5 Å². The first-order valence-electron chi connectivity index (χ1n) is 8.76. The first-order chi connectivity index (χ1) is 13.0. The third-order valence-corrected chi connectivity index (χ3v) is 4.57. The zero-order chi connectivity index (χ0) is 19.6. The summed E-state index contributed by atoms with van der Waals surface area (Å²) in [7, 11) is 0. The fourth-order valence-electron chi connectivity index (χ4n) is 2.29. The third-order valence-electron chi connectivity index (χ3n) is 3.47. The molecule has 2 rings (SSSR count). The molecule has 0 saturated heterocycles. The molecule has 144 valence electrons. The van der Waals surface area contributed by atoms with Crippen LogP contribution < -0.4 is 20.5 Å². The Morgan fingerprint density at radius 2 is 1.85 bits per heavy atom. The van der Waals surface area contributed by atoms with Crippen molar-refractivity contribution < 1.29 is 19.1 Å². The molecule has 2 aromatic carbocycles. The van der Waals surface area contributed by atoms with Crippen LogP contribution in [0.4, 0.5) is 5.69 Å². The van der Waals surface area contributed by atoms with Crippen molar-refractivity contribution in [2.75, 3.05) is 24.3 Å². The number of hydrogen-bond acceptors (Lipinski definition) is 5. The Morgan fingerprint density at radius 3 is 2.56 bits per heavy atom. The van der Waals surface area contributed by atoms with Crippen molar-refractivity contribution in [1.82, 2.24) is 0 Å². The molecule has 0 saturated carbocycles. The Kier molecular flexibility index (Phi) is 8.00. The molecule has 0 unspecified atom stereocenters. The third kappa shape index (κ3) is 6.21. The normalized spacial score (nSPS) is 10.3. The van der Waals surface area contributed by atoms with E-state index < -0.39 is 5.91 Å². The van der Waals surface area contributed by atoms with Gasteiger partial charge in [-0.3, -0.25) is 9.59 Å². The van der Waals surface area contributed by atoms with Crippen LogP contribution in [0.2, 0.25) is 0 Å². The highest BCUT2D eigenvalue weighted by Gasteiger charge is 2.14. The number of thioether (sulfide) groups is 1. The summed E-state index contributed by atoms with van der Waals surface area (Å²) in [4.78, 5) is 24.5. The molecule has 0 heterocycles. The van der Waals surface area contributed by atoms with Crippen LogP contribution >= 0.6 is 11.8 Å². The summed E-state index contributed by atoms with van der Waals surface area (Å²) in [6.45, 7) is 4.95. The van der Waals surface area contributed by atoms with E-state index in [4.69, 9.17) is 15.2 Å². The Bertz CT molecular complexity index is 795. The summed E-state index contributed by atoms with van der Waals surface area (Å²) in [5.74, 6) is 0.614. The molecule has 2 amide bonds. The number of nitrogens with one attached hydrogen (secondary N) is 1. The smallest absolute Gasteiger partial charge is 0.255 e. The molecule has 0 aromatic heterocycles. The maximum absolute atomic E-state index is 12.7. The van der Waals surface area contributed by atoms with E-state index >= 15 is 0 Å². The summed E-state index contributed by atoms with van der Waals surface area (Å²) < 4.78 is 11.3. The van der Waals surface area contributed by atoms with Crippen LogP contribution in [0.25, 0.3) is 0 Å². The second-order valence-corrected chi connectivity index (χ2v) is 6.67. The summed E-state index contributed by atoms with van der Waals surface area (Å²) in [5, 5.41) is 2.87. The Morgan fingerprint density at radius 1 is 1.07 bits per heavy atom. The summed E-state index contributed by atoms with van der Waals surface area (Å²) in [6, 6.07) is 12.4. The number of carbonyl (C=O) groups excluding carboxylic acids is 2. The molecule has 2 aromatic rings. The average molecular weight is 388 g/mol. The van der Waals surface area contributed by atoms with Gasteiger partial charge in [0.15, 0.2) is 11.5 Å². The first-order valence-corrected chi connectivity index (χ1v) is 9.74. The number of anilines is 1. The largest absolute Gasteiger partial charge is 0.490 e. The van der Waals surface area contributed by atoms with E-state index in [0.717, 1.165) is 11.3 Å². The van der Waals surface area contributed by atoms with Gasteiger partial charge in [0.05, 0.1) is 24.7 Å². The fourth-order valence-corrected chi connectivity index (χ4v) is 3.04. The van der Waals surface area contributed by atoms with Gasteiger partial charge in [-0.15, -0.1) is 11.8 Å². The lowest BCUT2D eigenvalue weighted by molar-refractivity contribution is -0.115. The van der Waals surface area contributed by atoms with Gasteiger partial charge in [0.2, 0.25) is 5.91 Å². The minimum absolute atomic E-state index is 0.144. The molecule has 0 aliphatic carbocycles. The Labute approximate surface area is 163 Å². The summed E-state index contributed by atoms with van der Waals surface area (Å²) in [5.41, 5.74) is 6.28. The average Bonchev–Trinajstić information content (AvgIpc) is 2.66. The zero-order valence-corrected chi connectivity index (χ0v) is 16.3. The van der Waals surface area contributed by atoms with Crippen molar-refractivity contribution >= 4 is 29.3 Å². The maximum Gasteiger partial charge on any atom is 0.255 e. The number of carbonyl (C=O) groups is 2. The van der Waals surface area contributed by atoms with Crippen LogP contribution in [0.5, 0.6) is 11.5 Å². The van der Waals surface area contributed by atoms with Crippen LogP contribution in [0.1, 0.15) is 30.6 Å². The second-order valence-electron chi connectivity index (χ2n) is 5.65. The number of ether oxygens (including phenoxy) is 2. The minimum Gasteiger partial charge on any atom is -0.490 e. The highest BCUT2D eigenvalue weighted by molar-refractivity contribution is 8.00. The lowest BCUT2D eigenvalue weighted by atomic mass is 10.1. The lowest BCUT2D eigenvalue weighted by Crippen LogP contribution is -2.15. The zero-order valence-electron chi connectivity index (χ0n) is 15.5. The van der Waals surface area contributed by atoms with E-state index in [-0.39, 0.29) is 11.7 Å². The lowest BCUT2D eigenvalue weighted by Gasteiger charge is -2.14. The molecule has 6 nitrogen and oxygen atoms in total. The van der Waals surface area contributed by atoms with Crippen molar-refractivity contribution in [3.05, 3.63) is 48.0 Å². The minimum atomic E-state index is -0.412. The number of primary amides is 1. The van der Waals surface area contributed by atoms with Gasteiger partial charge >= 0.3 is 0 Å². The Hall–Kier alpha value is -2.67. The summed E-state index contributed by atoms with van der Waals surface area (Å²) in [6.07, 6.45) is 0.882. The van der Waals surface area contributed by atoms with Crippen molar-refractivity contribution in [2.45, 2.75) is 25.2 Å². The number of nitrogens with two attached hydrogens (primary N) is 1. The highest BCUT2D eigenvalue weighted by atomic mass is 32.2. The molecule has 0 bridgehead atoms. The second kappa shape index (κ2) is 10.5. The number of rotatable bonds is 10. The molecule has 27 heavy (non-hydrogen) atoms. The van der Waals surface area contributed by atoms with Crippen molar-refractivity contribution in [2.24, 2.45) is 5.73 Å². The maximum atomic E-state index is 12.7. The van der Waals surface area contributed by atoms with Crippen LogP contribution in [-0.2, 0) is 4.79 Å². The van der Waals surface area contributed by atoms with E-state index in [1.54, 1.807) is 24.3 Å². The van der Waals surface area contributed by atoms with E-state index in [0.29, 0.717) is 36.0 Å². The quantitative estimate of drug-likeness (QED) is 0.606. The molecule has 0 atom stereocenters. The predicted octanol–water partition coefficient (Wildman–Crippen LogP) is 3.70. The van der Waals surface area contributed by atoms with Crippen molar-refractivity contribution in [3.63, 3.8) is 0 Å². The first kappa shape index (κ1) is 20.6. The van der Waals surface area contributed by atoms with E-state index in [1.165, 1.54) is 11.8 Å². The standard InChI is InChI=1S/C20H24N2O4S/c1-3-11-26-16-10-9-14(12-17(16)25-4-2)20(24)22-15-7-5-6-8-18(15)27-13-19(21)23/h5-10,12H,3-4,11,13H2,1-2H3,(H2,21,23)(H,22,24). The van der Waals surface area contributed by atoms with Gasteiger partial charge in [-0.2, -0.15) is 0 Å². The van der Waals surface area contributed by atoms with Crippen LogP contribution in [0.3, 0.4) is 0 Å². The molecule has 0 spiro atoms. The van der Waals surface area contributed by atoms with Crippen molar-refractivity contribution in [1.29, 1.82) is 0 Å². The van der Waals surface area contributed by atoms with Gasteiger partial charge < -0.3 is 20.5 Å². The van der Waals surface area contributed by atoms with Crippen LogP contribution in [0, 0.1) is 0 Å². The molecule has 3 N–H and O–H groups in total. The fraction of sp³-hybridized carbons (Fsp3) is 0.300. The number of benzene rings is 2. The van der Waals surface area contributed by atoms with Crippen LogP contribution in [0.15, 0.2) is 47.4 Å². The van der Waals surface area contributed by atoms with Gasteiger partial charge in [0.1, 0.15) is 0 Å². The van der Waals surface area contributed by atoms with Gasteiger partial charge in [-0.05, 0) is 43.7 Å². The summed E-state index contributed by atoms with van der Waals surface area (Å²) >= 11 is 1.28. The van der Waals surface area contributed by atoms with E-state index in [1.807, 2.05) is 32.0 Å². The topological polar surface area (TPSA) is 90.6 Å². The van der Waals surface area contributed by atoms with E-state index in [9.17, 15) is 9.59 Å². The SMILES string of the molecule is CCCOc1ccc(C(=O)Nc2ccccc2SCC(N)=O)cc1OCC. The predicted molar refractivity (Wildman–Crippen MR) is 108 cm³/mol. The van der Waals surface area contributed by atoms with Crippen molar-refractivity contribution in [3.8, 4) is 11.5 Å². The van der Waals surface area contributed by atoms with Gasteiger partial charge in [0.25, 0.3) is 5.91 Å². The number of amides is 2. The molecule has 7 heteroatoms. The molecule has 0 fully saturated rings. The molecular weight excluding hydrogens is 364 g/mol. The molecule has 0 radical (unpaired) electrons. The monoisotopic (exact) mass is 388 g/mol. The Balaban J connectivity index is 2.18. The van der Waals surface area contributed by atoms with E-state index in [2.05, 4.69) is 5.32 Å². The van der Waals surface area contributed by atoms with Gasteiger partial charge in [-0.1, -0.05) is 19.1 Å². The molecular formula is C20H24N2O4S. The highest BCUT2D eigenvalue weighted by Crippen LogP contribution is 2.30. The van der Waals surface area contributed by atoms with Crippen LogP contribution in [-0.4, -0.2) is 30.8 Å². The molecule has 0 aliphatic rings.